The second-order valence-corrected chi connectivity index (χ2v) is 4.39. The molecule has 3 nitrogen and oxygen atoms in total. The van der Waals surface area contributed by atoms with E-state index in [2.05, 4.69) is 41.7 Å². The number of carbonyl (C=O) groups excluding carboxylic acids is 1. The van der Waals surface area contributed by atoms with Crippen LogP contribution in [0, 0.1) is 0 Å². The zero-order valence-electron chi connectivity index (χ0n) is 11.2. The van der Waals surface area contributed by atoms with Crippen molar-refractivity contribution in [1.29, 1.82) is 0 Å². The van der Waals surface area contributed by atoms with Crippen molar-refractivity contribution < 1.29 is 9.53 Å². The average molecular weight is 257 g/mol. The van der Waals surface area contributed by atoms with Gasteiger partial charge in [-0.25, -0.2) is 0 Å². The Labute approximate surface area is 113 Å². The van der Waals surface area contributed by atoms with Crippen LogP contribution in [0.15, 0.2) is 42.5 Å². The molecule has 2 aromatic carbocycles. The Morgan fingerprint density at radius 2 is 1.95 bits per heavy atom. The second-order valence-electron chi connectivity index (χ2n) is 4.39. The van der Waals surface area contributed by atoms with Gasteiger partial charge < -0.3 is 10.1 Å². The molecule has 100 valence electrons. The first-order chi connectivity index (χ1) is 9.31. The first-order valence-electron chi connectivity index (χ1n) is 6.64. The van der Waals surface area contributed by atoms with Crippen molar-refractivity contribution >= 4 is 16.7 Å². The first-order valence-corrected chi connectivity index (χ1v) is 6.64. The summed E-state index contributed by atoms with van der Waals surface area (Å²) in [6.07, 6.45) is 0.434. The van der Waals surface area contributed by atoms with Crippen LogP contribution in [-0.4, -0.2) is 19.1 Å². The monoisotopic (exact) mass is 257 g/mol. The lowest BCUT2D eigenvalue weighted by molar-refractivity contribution is -0.143. The van der Waals surface area contributed by atoms with Crippen molar-refractivity contribution in [2.45, 2.75) is 19.9 Å². The molecule has 3 heteroatoms. The number of fused-ring (bicyclic) bond motifs is 1. The number of rotatable bonds is 6. The summed E-state index contributed by atoms with van der Waals surface area (Å²) in [4.78, 5) is 11.0. The number of ether oxygens (including phenoxy) is 1. The second kappa shape index (κ2) is 6.90. The molecule has 0 aliphatic carbocycles. The standard InChI is InChI=1S/C16H19NO2/c1-2-16(18)19-11-10-17-12-14-8-5-7-13-6-3-4-9-15(13)14/h3-9,17H,2,10-12H2,1H3. The van der Waals surface area contributed by atoms with Crippen molar-refractivity contribution in [3.63, 3.8) is 0 Å². The minimum absolute atomic E-state index is 0.146. The summed E-state index contributed by atoms with van der Waals surface area (Å²) in [5.74, 6) is -0.146. The molecule has 0 aromatic heterocycles. The van der Waals surface area contributed by atoms with E-state index in [1.165, 1.54) is 16.3 Å². The smallest absolute Gasteiger partial charge is 0.305 e. The van der Waals surface area contributed by atoms with Crippen LogP contribution >= 0.6 is 0 Å². The zero-order valence-corrected chi connectivity index (χ0v) is 11.2. The van der Waals surface area contributed by atoms with Gasteiger partial charge in [-0.15, -0.1) is 0 Å². The maximum absolute atomic E-state index is 11.0. The van der Waals surface area contributed by atoms with E-state index in [1.54, 1.807) is 6.92 Å². The van der Waals surface area contributed by atoms with Crippen molar-refractivity contribution in [2.75, 3.05) is 13.2 Å². The summed E-state index contributed by atoms with van der Waals surface area (Å²) in [7, 11) is 0. The first kappa shape index (κ1) is 13.6. The summed E-state index contributed by atoms with van der Waals surface area (Å²) < 4.78 is 5.02. The molecular weight excluding hydrogens is 238 g/mol. The van der Waals surface area contributed by atoms with Crippen LogP contribution in [0.25, 0.3) is 10.8 Å². The molecule has 1 N–H and O–H groups in total. The number of hydrogen-bond acceptors (Lipinski definition) is 3. The number of hydrogen-bond donors (Lipinski definition) is 1. The van der Waals surface area contributed by atoms with Crippen LogP contribution in [0.5, 0.6) is 0 Å². The van der Waals surface area contributed by atoms with Gasteiger partial charge in [-0.2, -0.15) is 0 Å². The summed E-state index contributed by atoms with van der Waals surface area (Å²) in [6, 6.07) is 14.6. The lowest BCUT2D eigenvalue weighted by Gasteiger charge is -2.08. The molecule has 0 unspecified atom stereocenters. The van der Waals surface area contributed by atoms with E-state index in [9.17, 15) is 4.79 Å². The van der Waals surface area contributed by atoms with E-state index >= 15 is 0 Å². The molecule has 0 amide bonds. The molecule has 2 aromatic rings. The third kappa shape index (κ3) is 3.80. The lowest BCUT2D eigenvalue weighted by atomic mass is 10.0. The van der Waals surface area contributed by atoms with E-state index in [0.717, 1.165) is 6.54 Å². The molecule has 0 fully saturated rings. The normalized spacial score (nSPS) is 10.6. The van der Waals surface area contributed by atoms with Gasteiger partial charge in [0, 0.05) is 19.5 Å². The predicted molar refractivity (Wildman–Crippen MR) is 76.9 cm³/mol. The van der Waals surface area contributed by atoms with Crippen LogP contribution in [-0.2, 0) is 16.1 Å². The van der Waals surface area contributed by atoms with Crippen molar-refractivity contribution in [2.24, 2.45) is 0 Å². The highest BCUT2D eigenvalue weighted by atomic mass is 16.5. The SMILES string of the molecule is CCC(=O)OCCNCc1cccc2ccccc12. The van der Waals surface area contributed by atoms with Gasteiger partial charge in [-0.1, -0.05) is 49.4 Å². The van der Waals surface area contributed by atoms with Crippen LogP contribution in [0.2, 0.25) is 0 Å². The van der Waals surface area contributed by atoms with Gasteiger partial charge in [-0.3, -0.25) is 4.79 Å². The molecule has 0 spiro atoms. The summed E-state index contributed by atoms with van der Waals surface area (Å²) in [6.45, 7) is 3.68. The molecule has 0 saturated heterocycles. The van der Waals surface area contributed by atoms with Gasteiger partial charge in [0.25, 0.3) is 0 Å². The van der Waals surface area contributed by atoms with E-state index in [-0.39, 0.29) is 5.97 Å². The Morgan fingerprint density at radius 3 is 2.79 bits per heavy atom. The van der Waals surface area contributed by atoms with E-state index in [1.807, 2.05) is 6.07 Å². The minimum atomic E-state index is -0.146. The van der Waals surface area contributed by atoms with Crippen LogP contribution in [0.4, 0.5) is 0 Å². The molecular formula is C16H19NO2. The highest BCUT2D eigenvalue weighted by Gasteiger charge is 2.00. The van der Waals surface area contributed by atoms with E-state index < -0.39 is 0 Å². The predicted octanol–water partition coefficient (Wildman–Crippen LogP) is 2.88. The molecule has 19 heavy (non-hydrogen) atoms. The van der Waals surface area contributed by atoms with Gasteiger partial charge in [-0.05, 0) is 16.3 Å². The molecule has 0 atom stereocenters. The van der Waals surface area contributed by atoms with Crippen molar-refractivity contribution in [3.05, 3.63) is 48.0 Å². The highest BCUT2D eigenvalue weighted by molar-refractivity contribution is 5.85. The Balaban J connectivity index is 1.86. The Morgan fingerprint density at radius 1 is 1.16 bits per heavy atom. The Hall–Kier alpha value is -1.87. The lowest BCUT2D eigenvalue weighted by Crippen LogP contribution is -2.20. The number of nitrogens with one attached hydrogen (secondary N) is 1. The van der Waals surface area contributed by atoms with Crippen LogP contribution in [0.3, 0.4) is 0 Å². The third-order valence-corrected chi connectivity index (χ3v) is 3.03. The quantitative estimate of drug-likeness (QED) is 0.639. The van der Waals surface area contributed by atoms with Crippen molar-refractivity contribution in [3.8, 4) is 0 Å². The maximum atomic E-state index is 11.0. The third-order valence-electron chi connectivity index (χ3n) is 3.03. The van der Waals surface area contributed by atoms with Crippen molar-refractivity contribution in [1.82, 2.24) is 5.32 Å². The fraction of sp³-hybridized carbons (Fsp3) is 0.312. The topological polar surface area (TPSA) is 38.3 Å². The fourth-order valence-corrected chi connectivity index (χ4v) is 2.01. The zero-order chi connectivity index (χ0) is 13.5. The van der Waals surface area contributed by atoms with Crippen LogP contribution < -0.4 is 5.32 Å². The molecule has 0 bridgehead atoms. The number of esters is 1. The van der Waals surface area contributed by atoms with Gasteiger partial charge in [0.2, 0.25) is 0 Å². The number of benzene rings is 2. The van der Waals surface area contributed by atoms with Gasteiger partial charge in [0.15, 0.2) is 0 Å². The maximum Gasteiger partial charge on any atom is 0.305 e. The van der Waals surface area contributed by atoms with Crippen LogP contribution in [0.1, 0.15) is 18.9 Å². The average Bonchev–Trinajstić information content (AvgIpc) is 2.46. The summed E-state index contributed by atoms with van der Waals surface area (Å²) in [5.41, 5.74) is 1.26. The Bertz CT molecular complexity index is 546. The number of carbonyl (C=O) groups is 1. The van der Waals surface area contributed by atoms with Gasteiger partial charge >= 0.3 is 5.97 Å². The highest BCUT2D eigenvalue weighted by Crippen LogP contribution is 2.17. The van der Waals surface area contributed by atoms with Gasteiger partial charge in [0.1, 0.15) is 6.61 Å². The largest absolute Gasteiger partial charge is 0.464 e. The molecule has 2 rings (SSSR count). The van der Waals surface area contributed by atoms with E-state index in [4.69, 9.17) is 4.74 Å². The molecule has 0 saturated carbocycles. The summed E-state index contributed by atoms with van der Waals surface area (Å²) in [5, 5.41) is 5.81. The Kier molecular flexibility index (Phi) is 4.93. The molecule has 0 aliphatic heterocycles. The molecule has 0 heterocycles. The minimum Gasteiger partial charge on any atom is -0.464 e. The fourth-order valence-electron chi connectivity index (χ4n) is 2.01. The van der Waals surface area contributed by atoms with Gasteiger partial charge in [0.05, 0.1) is 0 Å². The summed E-state index contributed by atoms with van der Waals surface area (Å²) >= 11 is 0. The molecule has 0 aliphatic rings. The van der Waals surface area contributed by atoms with E-state index in [0.29, 0.717) is 19.6 Å². The molecule has 0 radical (unpaired) electrons.